The number of nitrogens with zero attached hydrogens (tertiary/aromatic N) is 10. The van der Waals surface area contributed by atoms with E-state index in [1.807, 2.05) is 104 Å². The molecule has 0 bridgehead atoms. The summed E-state index contributed by atoms with van der Waals surface area (Å²) in [4.78, 5) is 62.1. The molecule has 724 valence electrons. The van der Waals surface area contributed by atoms with Gasteiger partial charge in [-0.3, -0.25) is 9.59 Å². The molecule has 0 aliphatic rings. The van der Waals surface area contributed by atoms with E-state index in [0.29, 0.717) is 94.2 Å². The lowest BCUT2D eigenvalue weighted by atomic mass is 9.99. The lowest BCUT2D eigenvalue weighted by Crippen LogP contribution is -2.22. The van der Waals surface area contributed by atoms with Crippen molar-refractivity contribution in [3.63, 3.8) is 0 Å². The van der Waals surface area contributed by atoms with Crippen LogP contribution in [0.25, 0.3) is 0 Å². The van der Waals surface area contributed by atoms with Crippen molar-refractivity contribution in [3.05, 3.63) is 244 Å². The van der Waals surface area contributed by atoms with E-state index in [2.05, 4.69) is 347 Å². The zero-order chi connectivity index (χ0) is 98.8. The first kappa shape index (κ1) is 121. The number of nitrogens with two attached hydrogens (primary N) is 1. The van der Waals surface area contributed by atoms with Gasteiger partial charge in [-0.05, 0) is 200 Å². The molecule has 0 aliphatic carbocycles. The molecule has 7 unspecified atom stereocenters. The zero-order valence-electron chi connectivity index (χ0n) is 86.6. The number of furan rings is 1. The molecule has 2 N–H and O–H groups in total. The molecule has 0 radical (unpaired) electrons. The molecule has 25 heteroatoms. The fraction of sp³-hybridized carbons (Fsp3) is 0.562. The number of hydrogen-bond acceptors (Lipinski definition) is 22. The Morgan fingerprint density at radius 3 is 1.02 bits per heavy atom. The first-order chi connectivity index (χ1) is 61.1. The topological polar surface area (TPSA) is 198 Å². The molecule has 0 fully saturated rings. The average Bonchev–Trinajstić information content (AvgIpc) is 1.73. The van der Waals surface area contributed by atoms with Gasteiger partial charge >= 0.3 is 0 Å². The number of aryl methyl sites for hydroxylation is 16. The predicted molar refractivity (Wildman–Crippen MR) is 577 cm³/mol. The molecule has 0 saturated heterocycles. The minimum atomic E-state index is -0.446. The number of thiophene rings is 3. The zero-order valence-corrected chi connectivity index (χ0v) is 94.8. The first-order valence-electron chi connectivity index (χ1n) is 46.3. The lowest BCUT2D eigenvalue weighted by molar-refractivity contribution is 0.0822. The monoisotopic (exact) mass is 1960 g/mol. The van der Waals surface area contributed by atoms with Crippen molar-refractivity contribution in [2.45, 2.75) is 329 Å². The Hall–Kier alpha value is -6.78. The van der Waals surface area contributed by atoms with Crippen molar-refractivity contribution in [1.29, 1.82) is 0 Å². The highest BCUT2D eigenvalue weighted by Gasteiger charge is 2.21. The molecule has 0 aromatic carbocycles. The third kappa shape index (κ3) is 47.9. The summed E-state index contributed by atoms with van der Waals surface area (Å²) in [6.07, 6.45) is 10.3. The van der Waals surface area contributed by atoms with Gasteiger partial charge < -0.3 is 24.1 Å². The first-order valence-corrected chi connectivity index (χ1v) is 55.0. The van der Waals surface area contributed by atoms with Crippen LogP contribution >= 0.6 is 113 Å². The number of aromatic nitrogens is 9. The van der Waals surface area contributed by atoms with Gasteiger partial charge in [-0.2, -0.15) is 11.3 Å². The summed E-state index contributed by atoms with van der Waals surface area (Å²) < 4.78 is 12.0. The summed E-state index contributed by atoms with van der Waals surface area (Å²) in [5.74, 6) is 9.92. The predicted octanol–water partition coefficient (Wildman–Crippen LogP) is 33.5. The SMILES string of the molecule is CC(C)C(C)c1nc(C(=O)N(C)C)cs1.CC(C)C(C)c1nc(C(N)=O)cs1.CCc1cc(C)no1.CCc1ccc(C)s1.CCc1cccn1C.CCc1ccco1.CCc1cccs1.CCc1ccsc1.Cc1csc(C(C)C(C)C)n1.Cc1csc(C(C)C(C)C)n1.Cc1csc(C(C)C(C)C)n1.Cc1nc(C(C)C(C)C)sc1C.Cc1nc(C(C)C(C)C)sc1C. The van der Waals surface area contributed by atoms with Crippen LogP contribution in [0.2, 0.25) is 0 Å². The number of carbonyl (C=O) groups excluding carboxylic acids is 2. The van der Waals surface area contributed by atoms with Crippen molar-refractivity contribution in [2.75, 3.05) is 14.1 Å². The maximum absolute atomic E-state index is 11.6. The minimum absolute atomic E-state index is 0.0199. The Bertz CT molecular complexity index is 4650. The smallest absolute Gasteiger partial charge is 0.272 e. The lowest BCUT2D eigenvalue weighted by Gasteiger charge is -2.11. The Labute approximate surface area is 827 Å². The van der Waals surface area contributed by atoms with Crippen LogP contribution in [-0.2, 0) is 45.6 Å². The highest BCUT2D eigenvalue weighted by atomic mass is 32.1. The van der Waals surface area contributed by atoms with Gasteiger partial charge in [0, 0.05) is 162 Å². The van der Waals surface area contributed by atoms with Crippen molar-refractivity contribution in [1.82, 2.24) is 49.5 Å². The summed E-state index contributed by atoms with van der Waals surface area (Å²) in [6, 6.07) is 20.8. The van der Waals surface area contributed by atoms with Crippen molar-refractivity contribution >= 4 is 125 Å². The number of primary amides is 1. The second-order valence-electron chi connectivity index (χ2n) is 35.3. The third-order valence-corrected chi connectivity index (χ3v) is 33.1. The highest BCUT2D eigenvalue weighted by molar-refractivity contribution is 7.13. The Morgan fingerprint density at radius 2 is 0.800 bits per heavy atom. The van der Waals surface area contributed by atoms with Gasteiger partial charge in [-0.1, -0.05) is 198 Å². The van der Waals surface area contributed by atoms with Crippen LogP contribution in [0, 0.1) is 104 Å². The normalized spacial score (nSPS) is 12.2. The number of hydrogen-bond donors (Lipinski definition) is 1. The van der Waals surface area contributed by atoms with Crippen molar-refractivity contribution in [2.24, 2.45) is 54.2 Å². The quantitative estimate of drug-likeness (QED) is 0.0675. The molecule has 2 amide bonds. The van der Waals surface area contributed by atoms with Crippen LogP contribution in [0.5, 0.6) is 0 Å². The van der Waals surface area contributed by atoms with E-state index >= 15 is 0 Å². The summed E-state index contributed by atoms with van der Waals surface area (Å²) >= 11 is 17.6. The van der Waals surface area contributed by atoms with E-state index in [1.54, 1.807) is 87.3 Å². The molecule has 13 aromatic heterocycles. The van der Waals surface area contributed by atoms with Crippen molar-refractivity contribution < 1.29 is 18.5 Å². The Kier molecular flexibility index (Phi) is 61.4. The summed E-state index contributed by atoms with van der Waals surface area (Å²) in [5, 5.41) is 28.5. The molecule has 15 nitrogen and oxygen atoms in total. The molecular formula is C105H165N11O4S10. The van der Waals surface area contributed by atoms with Gasteiger partial charge in [-0.25, -0.2) is 34.9 Å². The molecule has 7 atom stereocenters. The average molecular weight is 1970 g/mol. The maximum atomic E-state index is 11.6. The number of amides is 2. The Morgan fingerprint density at radius 1 is 0.392 bits per heavy atom. The fourth-order valence-corrected chi connectivity index (χ4v) is 19.9. The van der Waals surface area contributed by atoms with Gasteiger partial charge in [-0.15, -0.1) is 102 Å². The molecule has 130 heavy (non-hydrogen) atoms. The van der Waals surface area contributed by atoms with E-state index in [0.717, 1.165) is 63.6 Å². The van der Waals surface area contributed by atoms with Crippen LogP contribution in [0.4, 0.5) is 0 Å². The van der Waals surface area contributed by atoms with E-state index in [9.17, 15) is 9.59 Å². The van der Waals surface area contributed by atoms with Gasteiger partial charge in [0.1, 0.15) is 22.9 Å². The molecule has 13 aromatic rings. The summed E-state index contributed by atoms with van der Waals surface area (Å²) in [6.45, 7) is 78.0. The second-order valence-corrected chi connectivity index (χ2v) is 45.4. The van der Waals surface area contributed by atoms with Crippen LogP contribution in [0.1, 0.15) is 366 Å². The van der Waals surface area contributed by atoms with Crippen LogP contribution < -0.4 is 5.73 Å². The molecule has 13 heterocycles. The van der Waals surface area contributed by atoms with E-state index in [4.69, 9.17) is 14.7 Å². The standard InChI is InChI=1S/C11H18N2OS.2C10H17NS.C9H14N2OS.3C9H15NS.C7H11N.C7H10S.C6H9NO.C6H8O.2C6H8S/c1-7(2)8(3)10-12-9(6-15-10)11(14)13(4)5;2*1-6(2)7(3)10-11-8(4)9(5)12-10;1-5(2)6(3)9-11-7(4-13-9)8(10)12;3*1-6(2)8(4)9-10-7(3)5-11-9;1-3-7-5-4-6-8(7)2;1-3-7-5-4-6(2)8-7;1-3-6-4-5(2)7-8-6;1-2-6-4-3-5-7-6;1-2-6-3-4-7-5-6;1-2-6-4-3-5-7-6/h6-8H,1-5H3;2*6-7H,1-5H3;4-6H,1-3H3,(H2,10,12);3*5-6,8H,1-4H3;4-6H,3H2,1-2H3;4-5H,3H2,1-2H3;4H,3H2,1-2H3;3*3-5H,2H2,1H3. The molecule has 0 saturated carbocycles. The van der Waals surface area contributed by atoms with Crippen molar-refractivity contribution in [3.8, 4) is 0 Å². The number of thiazole rings is 7. The van der Waals surface area contributed by atoms with Crippen LogP contribution in [0.15, 0.2) is 125 Å². The van der Waals surface area contributed by atoms with Crippen LogP contribution in [0.3, 0.4) is 0 Å². The van der Waals surface area contributed by atoms with Crippen LogP contribution in [-0.4, -0.2) is 75.4 Å². The summed E-state index contributed by atoms with van der Waals surface area (Å²) in [7, 11) is 5.55. The fourth-order valence-electron chi connectivity index (χ4n) is 10.2. The van der Waals surface area contributed by atoms with Gasteiger partial charge in [0.05, 0.1) is 58.4 Å². The van der Waals surface area contributed by atoms with E-state index in [1.165, 1.54) is 103 Å². The van der Waals surface area contributed by atoms with E-state index < -0.39 is 5.91 Å². The maximum Gasteiger partial charge on any atom is 0.272 e. The summed E-state index contributed by atoms with van der Waals surface area (Å²) in [5.41, 5.74) is 15.7. The third-order valence-electron chi connectivity index (χ3n) is 22.1. The Balaban J connectivity index is 0.000000708. The van der Waals surface area contributed by atoms with Gasteiger partial charge in [0.15, 0.2) is 0 Å². The molecular weight excluding hydrogens is 1800 g/mol. The van der Waals surface area contributed by atoms with Gasteiger partial charge in [0.25, 0.3) is 11.8 Å². The molecule has 13 rings (SSSR count). The minimum Gasteiger partial charge on any atom is -0.469 e. The van der Waals surface area contributed by atoms with Gasteiger partial charge in [0.2, 0.25) is 0 Å². The molecule has 0 spiro atoms. The number of rotatable bonds is 22. The number of carbonyl (C=O) groups is 2. The second kappa shape index (κ2) is 65.8. The van der Waals surface area contributed by atoms with E-state index in [-0.39, 0.29) is 5.91 Å². The molecule has 0 aliphatic heterocycles. The highest BCUT2D eigenvalue weighted by Crippen LogP contribution is 2.34. The largest absolute Gasteiger partial charge is 0.469 e.